The van der Waals surface area contributed by atoms with Crippen molar-refractivity contribution in [2.24, 2.45) is 0 Å². The second-order valence-electron chi connectivity index (χ2n) is 6.08. The number of Topliss-reactive ketones (excluding diaryl/α,β-unsaturated/α-hetero) is 1. The fourth-order valence-corrected chi connectivity index (χ4v) is 2.78. The third-order valence-electron chi connectivity index (χ3n) is 4.07. The first-order valence-electron chi connectivity index (χ1n) is 8.62. The average Bonchev–Trinajstić information content (AvgIpc) is 2.63. The smallest absolute Gasteiger partial charge is 0.229 e. The number of ketones is 1. The number of nitrogens with one attached hydrogen (secondary N) is 1. The molecule has 0 radical (unpaired) electrons. The maximum absolute atomic E-state index is 11.6. The first-order valence-corrected chi connectivity index (χ1v) is 8.62. The van der Waals surface area contributed by atoms with Crippen LogP contribution in [0.5, 0.6) is 0 Å². The Morgan fingerprint density at radius 2 is 1.92 bits per heavy atom. The molecule has 3 rings (SSSR count). The van der Waals surface area contributed by atoms with Gasteiger partial charge in [-0.05, 0) is 56.7 Å². The highest BCUT2D eigenvalue weighted by atomic mass is 16.1. The number of aromatic nitrogens is 2. The molecule has 0 aliphatic heterocycles. The molecule has 0 bridgehead atoms. The van der Waals surface area contributed by atoms with Gasteiger partial charge in [0, 0.05) is 29.7 Å². The van der Waals surface area contributed by atoms with Gasteiger partial charge in [0.25, 0.3) is 0 Å². The normalized spacial score (nSPS) is 10.4. The van der Waals surface area contributed by atoms with Crippen LogP contribution in [0.1, 0.15) is 29.8 Å². The minimum atomic E-state index is 0.0277. The summed E-state index contributed by atoms with van der Waals surface area (Å²) >= 11 is 0. The molecular formula is C21H22N4O. The third-order valence-corrected chi connectivity index (χ3v) is 4.07. The summed E-state index contributed by atoms with van der Waals surface area (Å²) in [4.78, 5) is 22.6. The summed E-state index contributed by atoms with van der Waals surface area (Å²) in [6, 6.07) is 17.5. The van der Waals surface area contributed by atoms with Crippen LogP contribution in [0.25, 0.3) is 0 Å². The third kappa shape index (κ3) is 4.06. The number of hydrogen-bond acceptors (Lipinski definition) is 5. The van der Waals surface area contributed by atoms with E-state index in [0.717, 1.165) is 23.7 Å². The summed E-state index contributed by atoms with van der Waals surface area (Å²) in [5, 5.41) is 3.18. The summed E-state index contributed by atoms with van der Waals surface area (Å²) in [5.74, 6) is 1.34. The van der Waals surface area contributed by atoms with E-state index in [-0.39, 0.29) is 5.78 Å². The Morgan fingerprint density at radius 3 is 2.65 bits per heavy atom. The molecule has 1 aromatic heterocycles. The molecule has 1 N–H and O–H groups in total. The Balaban J connectivity index is 1.88. The molecule has 26 heavy (non-hydrogen) atoms. The van der Waals surface area contributed by atoms with Crippen LogP contribution in [-0.2, 0) is 0 Å². The van der Waals surface area contributed by atoms with Crippen LogP contribution in [0.3, 0.4) is 0 Å². The Morgan fingerprint density at radius 1 is 1.12 bits per heavy atom. The molecule has 0 unspecified atom stereocenters. The predicted octanol–water partition coefficient (Wildman–Crippen LogP) is 4.89. The Labute approximate surface area is 153 Å². The van der Waals surface area contributed by atoms with Crippen LogP contribution in [-0.4, -0.2) is 22.3 Å². The largest absolute Gasteiger partial charge is 0.326 e. The van der Waals surface area contributed by atoms with Gasteiger partial charge in [-0.25, -0.2) is 4.98 Å². The fourth-order valence-electron chi connectivity index (χ4n) is 2.78. The summed E-state index contributed by atoms with van der Waals surface area (Å²) in [5.41, 5.74) is 3.74. The molecule has 1 heterocycles. The van der Waals surface area contributed by atoms with Crippen LogP contribution >= 0.6 is 0 Å². The zero-order valence-electron chi connectivity index (χ0n) is 15.2. The van der Waals surface area contributed by atoms with E-state index in [0.29, 0.717) is 11.5 Å². The highest BCUT2D eigenvalue weighted by molar-refractivity contribution is 5.95. The van der Waals surface area contributed by atoms with Crippen LogP contribution in [0, 0.1) is 6.92 Å². The molecular weight excluding hydrogens is 324 g/mol. The van der Waals surface area contributed by atoms with Crippen molar-refractivity contribution in [1.82, 2.24) is 9.97 Å². The van der Waals surface area contributed by atoms with Gasteiger partial charge in [-0.15, -0.1) is 0 Å². The van der Waals surface area contributed by atoms with E-state index >= 15 is 0 Å². The van der Waals surface area contributed by atoms with Gasteiger partial charge in [-0.1, -0.05) is 24.3 Å². The van der Waals surface area contributed by atoms with Crippen molar-refractivity contribution in [3.63, 3.8) is 0 Å². The van der Waals surface area contributed by atoms with Gasteiger partial charge >= 0.3 is 0 Å². The molecule has 0 aliphatic carbocycles. The van der Waals surface area contributed by atoms with Gasteiger partial charge < -0.3 is 10.2 Å². The zero-order chi connectivity index (χ0) is 18.5. The van der Waals surface area contributed by atoms with E-state index in [1.54, 1.807) is 25.3 Å². The number of hydrogen-bond donors (Lipinski definition) is 1. The van der Waals surface area contributed by atoms with Crippen molar-refractivity contribution < 1.29 is 4.79 Å². The number of anilines is 4. The number of carbonyl (C=O) groups is 1. The Bertz CT molecular complexity index is 923. The number of rotatable bonds is 6. The van der Waals surface area contributed by atoms with Crippen LogP contribution in [0.15, 0.2) is 60.8 Å². The number of nitrogens with zero attached hydrogens (tertiary/aromatic N) is 3. The first-order chi connectivity index (χ1) is 12.6. The van der Waals surface area contributed by atoms with Crippen LogP contribution < -0.4 is 10.2 Å². The highest BCUT2D eigenvalue weighted by Crippen LogP contribution is 2.25. The van der Waals surface area contributed by atoms with E-state index in [2.05, 4.69) is 52.2 Å². The molecule has 5 heteroatoms. The van der Waals surface area contributed by atoms with Crippen molar-refractivity contribution in [3.8, 4) is 0 Å². The van der Waals surface area contributed by atoms with Gasteiger partial charge in [-0.2, -0.15) is 4.98 Å². The average molecular weight is 346 g/mol. The molecule has 0 aliphatic rings. The van der Waals surface area contributed by atoms with Crippen molar-refractivity contribution in [2.75, 3.05) is 16.8 Å². The zero-order valence-corrected chi connectivity index (χ0v) is 15.2. The van der Waals surface area contributed by atoms with Gasteiger partial charge in [0.15, 0.2) is 5.78 Å². The van der Waals surface area contributed by atoms with Gasteiger partial charge in [-0.3, -0.25) is 4.79 Å². The molecule has 0 atom stereocenters. The van der Waals surface area contributed by atoms with Gasteiger partial charge in [0.05, 0.1) is 0 Å². The van der Waals surface area contributed by atoms with Crippen LogP contribution in [0.2, 0.25) is 0 Å². The molecule has 0 amide bonds. The lowest BCUT2D eigenvalue weighted by molar-refractivity contribution is 0.101. The molecule has 0 spiro atoms. The van der Waals surface area contributed by atoms with Crippen molar-refractivity contribution >= 4 is 28.9 Å². The maximum atomic E-state index is 11.6. The molecule has 5 nitrogen and oxygen atoms in total. The minimum Gasteiger partial charge on any atom is -0.326 e. The molecule has 0 fully saturated rings. The van der Waals surface area contributed by atoms with Gasteiger partial charge in [0.1, 0.15) is 5.82 Å². The lowest BCUT2D eigenvalue weighted by atomic mass is 10.1. The monoisotopic (exact) mass is 346 g/mol. The highest BCUT2D eigenvalue weighted by Gasteiger charge is 2.10. The second-order valence-corrected chi connectivity index (χ2v) is 6.08. The summed E-state index contributed by atoms with van der Waals surface area (Å²) < 4.78 is 0. The SMILES string of the molecule is CCN(c1cccc(C)c1)c1ccnc(Nc2cccc(C(C)=O)c2)n1. The Hall–Kier alpha value is -3.21. The molecule has 3 aromatic rings. The van der Waals surface area contributed by atoms with E-state index in [4.69, 9.17) is 0 Å². The topological polar surface area (TPSA) is 58.1 Å². The van der Waals surface area contributed by atoms with Gasteiger partial charge in [0.2, 0.25) is 5.95 Å². The Kier molecular flexibility index (Phi) is 5.27. The standard InChI is InChI=1S/C21H22N4O/c1-4-25(19-10-5-7-15(2)13-19)20-11-12-22-21(24-20)23-18-9-6-8-17(14-18)16(3)26/h5-14H,4H2,1-3H3,(H,22,23,24). The van der Waals surface area contributed by atoms with Crippen molar-refractivity contribution in [1.29, 1.82) is 0 Å². The maximum Gasteiger partial charge on any atom is 0.229 e. The molecule has 2 aromatic carbocycles. The van der Waals surface area contributed by atoms with E-state index in [9.17, 15) is 4.79 Å². The van der Waals surface area contributed by atoms with E-state index in [1.165, 1.54) is 5.56 Å². The van der Waals surface area contributed by atoms with Crippen molar-refractivity contribution in [3.05, 3.63) is 71.9 Å². The summed E-state index contributed by atoms with van der Waals surface area (Å²) in [6.07, 6.45) is 1.73. The molecule has 0 saturated carbocycles. The fraction of sp³-hybridized carbons (Fsp3) is 0.190. The number of benzene rings is 2. The minimum absolute atomic E-state index is 0.0277. The predicted molar refractivity (Wildman–Crippen MR) is 106 cm³/mol. The lowest BCUT2D eigenvalue weighted by Gasteiger charge is -2.22. The summed E-state index contributed by atoms with van der Waals surface area (Å²) in [7, 11) is 0. The molecule has 132 valence electrons. The van der Waals surface area contributed by atoms with Crippen molar-refractivity contribution in [2.45, 2.75) is 20.8 Å². The van der Waals surface area contributed by atoms with Crippen LogP contribution in [0.4, 0.5) is 23.1 Å². The number of aryl methyl sites for hydroxylation is 1. The first kappa shape index (κ1) is 17.6. The second kappa shape index (κ2) is 7.78. The number of carbonyl (C=O) groups excluding carboxylic acids is 1. The van der Waals surface area contributed by atoms with E-state index in [1.807, 2.05) is 24.3 Å². The molecule has 0 saturated heterocycles. The summed E-state index contributed by atoms with van der Waals surface area (Å²) in [6.45, 7) is 6.51. The lowest BCUT2D eigenvalue weighted by Crippen LogP contribution is -2.18. The quantitative estimate of drug-likeness (QED) is 0.644. The van der Waals surface area contributed by atoms with E-state index < -0.39 is 0 Å².